The fourth-order valence-electron chi connectivity index (χ4n) is 1.32. The molecule has 0 spiro atoms. The second-order valence-electron chi connectivity index (χ2n) is 3.81. The van der Waals surface area contributed by atoms with Gasteiger partial charge in [0.2, 0.25) is 0 Å². The van der Waals surface area contributed by atoms with Gasteiger partial charge in [-0.2, -0.15) is 0 Å². The van der Waals surface area contributed by atoms with Crippen LogP contribution in [-0.4, -0.2) is 22.2 Å². The lowest BCUT2D eigenvalue weighted by Gasteiger charge is -1.92. The summed E-state index contributed by atoms with van der Waals surface area (Å²) in [6.45, 7) is 0. The molecule has 0 amide bonds. The largest absolute Gasteiger partial charge is 0.478 e. The molecule has 4 nitrogen and oxygen atoms in total. The average Bonchev–Trinajstić information content (AvgIpc) is 2.29. The number of hydrogen-bond acceptors (Lipinski definition) is 2. The Hall–Kier alpha value is -1.84. The first kappa shape index (κ1) is 16.2. The highest BCUT2D eigenvalue weighted by Crippen LogP contribution is 2.03. The zero-order valence-corrected chi connectivity index (χ0v) is 10.4. The highest BCUT2D eigenvalue weighted by atomic mass is 16.4. The molecule has 100 valence electrons. The molecule has 0 saturated heterocycles. The molecule has 0 saturated carbocycles. The molecule has 0 fully saturated rings. The fraction of sp³-hybridized carbons (Fsp3) is 0.429. The second kappa shape index (κ2) is 11.6. The van der Waals surface area contributed by atoms with Crippen LogP contribution < -0.4 is 0 Å². The standard InChI is InChI=1S/C14H20O4/c15-13(16)11-9-7-5-3-1-2-4-6-8-10-12-14(17)18/h1,3,9-12H,2,4-8H2,(H,15,16)(H,17,18). The van der Waals surface area contributed by atoms with Gasteiger partial charge >= 0.3 is 11.9 Å². The Morgan fingerprint density at radius 2 is 1.06 bits per heavy atom. The van der Waals surface area contributed by atoms with Crippen LogP contribution in [0.4, 0.5) is 0 Å². The predicted molar refractivity (Wildman–Crippen MR) is 70.4 cm³/mol. The van der Waals surface area contributed by atoms with Crippen LogP contribution in [-0.2, 0) is 9.59 Å². The van der Waals surface area contributed by atoms with E-state index in [0.717, 1.165) is 44.6 Å². The van der Waals surface area contributed by atoms with Crippen molar-refractivity contribution in [2.75, 3.05) is 0 Å². The van der Waals surface area contributed by atoms with Crippen LogP contribution in [0, 0.1) is 0 Å². The van der Waals surface area contributed by atoms with Crippen molar-refractivity contribution in [1.29, 1.82) is 0 Å². The lowest BCUT2D eigenvalue weighted by atomic mass is 10.1. The zero-order valence-electron chi connectivity index (χ0n) is 10.4. The summed E-state index contributed by atoms with van der Waals surface area (Å²) in [6.07, 6.45) is 15.1. The summed E-state index contributed by atoms with van der Waals surface area (Å²) in [7, 11) is 0. The maximum Gasteiger partial charge on any atom is 0.327 e. The van der Waals surface area contributed by atoms with Crippen molar-refractivity contribution in [3.8, 4) is 0 Å². The minimum Gasteiger partial charge on any atom is -0.478 e. The molecular formula is C14H20O4. The van der Waals surface area contributed by atoms with Gasteiger partial charge in [0.25, 0.3) is 0 Å². The van der Waals surface area contributed by atoms with Crippen LogP contribution in [0.15, 0.2) is 36.5 Å². The van der Waals surface area contributed by atoms with Gasteiger partial charge in [-0.3, -0.25) is 0 Å². The third kappa shape index (κ3) is 14.2. The number of aliphatic carboxylic acids is 2. The molecule has 0 unspecified atom stereocenters. The normalized spacial score (nSPS) is 11.8. The second-order valence-corrected chi connectivity index (χ2v) is 3.81. The van der Waals surface area contributed by atoms with E-state index in [4.69, 9.17) is 10.2 Å². The van der Waals surface area contributed by atoms with E-state index in [-0.39, 0.29) is 0 Å². The van der Waals surface area contributed by atoms with E-state index in [1.807, 2.05) is 6.08 Å². The first-order chi connectivity index (χ1) is 8.63. The molecule has 0 aliphatic heterocycles. The Bertz CT molecular complexity index is 327. The monoisotopic (exact) mass is 252 g/mol. The van der Waals surface area contributed by atoms with Crippen molar-refractivity contribution in [3.05, 3.63) is 36.5 Å². The Morgan fingerprint density at radius 1 is 0.667 bits per heavy atom. The molecule has 0 atom stereocenters. The summed E-state index contributed by atoms with van der Waals surface area (Å²) >= 11 is 0. The third-order valence-electron chi connectivity index (χ3n) is 2.18. The van der Waals surface area contributed by atoms with Crippen molar-refractivity contribution in [2.45, 2.75) is 38.5 Å². The summed E-state index contributed by atoms with van der Waals surface area (Å²) in [5.74, 6) is -1.81. The average molecular weight is 252 g/mol. The molecule has 0 heterocycles. The number of carboxylic acid groups (broad SMARTS) is 2. The highest BCUT2D eigenvalue weighted by molar-refractivity contribution is 5.79. The van der Waals surface area contributed by atoms with Gasteiger partial charge in [0.15, 0.2) is 0 Å². The molecule has 0 aromatic carbocycles. The van der Waals surface area contributed by atoms with Gasteiger partial charge in [-0.15, -0.1) is 0 Å². The molecular weight excluding hydrogens is 232 g/mol. The van der Waals surface area contributed by atoms with Crippen molar-refractivity contribution < 1.29 is 19.8 Å². The fourth-order valence-corrected chi connectivity index (χ4v) is 1.32. The summed E-state index contributed by atoms with van der Waals surface area (Å²) in [4.78, 5) is 20.3. The minimum absolute atomic E-state index is 0.740. The number of carboxylic acids is 2. The van der Waals surface area contributed by atoms with Crippen LogP contribution in [0.3, 0.4) is 0 Å². The van der Waals surface area contributed by atoms with E-state index in [0.29, 0.717) is 0 Å². The SMILES string of the molecule is O=C(O)C=CCCC=CCCCCC=CC(=O)O. The number of hydrogen-bond donors (Lipinski definition) is 2. The molecule has 18 heavy (non-hydrogen) atoms. The van der Waals surface area contributed by atoms with Gasteiger partial charge in [-0.1, -0.05) is 24.3 Å². The number of rotatable bonds is 10. The van der Waals surface area contributed by atoms with Gasteiger partial charge in [0.1, 0.15) is 0 Å². The van der Waals surface area contributed by atoms with Gasteiger partial charge in [-0.25, -0.2) is 9.59 Å². The van der Waals surface area contributed by atoms with Gasteiger partial charge in [0, 0.05) is 12.2 Å². The Balaban J connectivity index is 3.33. The summed E-state index contributed by atoms with van der Waals surface area (Å²) < 4.78 is 0. The van der Waals surface area contributed by atoms with Gasteiger partial charge in [-0.05, 0) is 38.5 Å². The first-order valence-corrected chi connectivity index (χ1v) is 6.07. The van der Waals surface area contributed by atoms with E-state index >= 15 is 0 Å². The highest BCUT2D eigenvalue weighted by Gasteiger charge is 1.87. The van der Waals surface area contributed by atoms with Crippen molar-refractivity contribution >= 4 is 11.9 Å². The summed E-state index contributed by atoms with van der Waals surface area (Å²) in [5, 5.41) is 16.7. The van der Waals surface area contributed by atoms with E-state index in [2.05, 4.69) is 6.08 Å². The van der Waals surface area contributed by atoms with Crippen LogP contribution >= 0.6 is 0 Å². The first-order valence-electron chi connectivity index (χ1n) is 6.07. The Morgan fingerprint density at radius 3 is 1.61 bits per heavy atom. The van der Waals surface area contributed by atoms with E-state index in [9.17, 15) is 9.59 Å². The lowest BCUT2D eigenvalue weighted by Crippen LogP contribution is -1.85. The summed E-state index contributed by atoms with van der Waals surface area (Å²) in [5.41, 5.74) is 0. The Kier molecular flexibility index (Phi) is 10.4. The molecule has 2 N–H and O–H groups in total. The Labute approximate surface area is 107 Å². The lowest BCUT2D eigenvalue weighted by molar-refractivity contribution is -0.132. The van der Waals surface area contributed by atoms with E-state index < -0.39 is 11.9 Å². The van der Waals surface area contributed by atoms with Gasteiger partial charge in [0.05, 0.1) is 0 Å². The number of unbranched alkanes of at least 4 members (excludes halogenated alkanes) is 4. The number of carbonyl (C=O) groups is 2. The van der Waals surface area contributed by atoms with Crippen LogP contribution in [0.1, 0.15) is 38.5 Å². The van der Waals surface area contributed by atoms with Crippen LogP contribution in [0.5, 0.6) is 0 Å². The third-order valence-corrected chi connectivity index (χ3v) is 2.18. The maximum atomic E-state index is 10.2. The van der Waals surface area contributed by atoms with Gasteiger partial charge < -0.3 is 10.2 Å². The quantitative estimate of drug-likeness (QED) is 0.356. The molecule has 0 aromatic rings. The molecule has 4 heteroatoms. The maximum absolute atomic E-state index is 10.2. The predicted octanol–water partition coefficient (Wildman–Crippen LogP) is 3.16. The van der Waals surface area contributed by atoms with Crippen molar-refractivity contribution in [3.63, 3.8) is 0 Å². The molecule has 0 radical (unpaired) electrons. The van der Waals surface area contributed by atoms with Crippen LogP contribution in [0.25, 0.3) is 0 Å². The molecule has 0 bridgehead atoms. The molecule has 0 rings (SSSR count). The van der Waals surface area contributed by atoms with E-state index in [1.54, 1.807) is 12.2 Å². The topological polar surface area (TPSA) is 74.6 Å². The molecule has 0 aromatic heterocycles. The minimum atomic E-state index is -0.909. The number of allylic oxidation sites excluding steroid dienone is 4. The molecule has 0 aliphatic carbocycles. The van der Waals surface area contributed by atoms with E-state index in [1.165, 1.54) is 6.08 Å². The molecule has 0 aliphatic rings. The zero-order chi connectivity index (χ0) is 13.6. The van der Waals surface area contributed by atoms with Crippen LogP contribution in [0.2, 0.25) is 0 Å². The summed E-state index contributed by atoms with van der Waals surface area (Å²) in [6, 6.07) is 0. The van der Waals surface area contributed by atoms with Crippen molar-refractivity contribution in [2.24, 2.45) is 0 Å². The van der Waals surface area contributed by atoms with Crippen molar-refractivity contribution in [1.82, 2.24) is 0 Å². The smallest absolute Gasteiger partial charge is 0.327 e.